The van der Waals surface area contributed by atoms with E-state index in [1.165, 1.54) is 11.0 Å². The second-order valence-electron chi connectivity index (χ2n) is 10.2. The molecule has 0 bridgehead atoms. The summed E-state index contributed by atoms with van der Waals surface area (Å²) >= 11 is 5.89. The summed E-state index contributed by atoms with van der Waals surface area (Å²) < 4.78 is 14.5. The van der Waals surface area contributed by atoms with Crippen molar-refractivity contribution in [3.63, 3.8) is 0 Å². The minimum Gasteiger partial charge on any atom is -0.337 e. The quantitative estimate of drug-likeness (QED) is 0.647. The van der Waals surface area contributed by atoms with Crippen molar-refractivity contribution in [2.75, 3.05) is 58.7 Å². The zero-order chi connectivity index (χ0) is 26.3. The van der Waals surface area contributed by atoms with Gasteiger partial charge in [0, 0.05) is 36.8 Å². The predicted molar refractivity (Wildman–Crippen MR) is 140 cm³/mol. The standard InChI is InChI=1S/C27H31ClFN5O3/c1-31(2)10-11-32-9-3-4-23(32)27(37)33-12-13-34-24(16-33)25(35)30-22-8-5-17(14-20(22)26(34)36)19-7-6-18(28)15-21(19)29/h5-8,14-15,23-24H,3-4,9-13,16H2,1-2H3,(H,30,35). The van der Waals surface area contributed by atoms with E-state index in [4.69, 9.17) is 11.6 Å². The van der Waals surface area contributed by atoms with Crippen LogP contribution in [0.5, 0.6) is 0 Å². The highest BCUT2D eigenvalue weighted by atomic mass is 35.5. The van der Waals surface area contributed by atoms with Crippen molar-refractivity contribution in [1.82, 2.24) is 19.6 Å². The molecule has 3 aliphatic rings. The molecule has 0 radical (unpaired) electrons. The smallest absolute Gasteiger partial charge is 0.256 e. The lowest BCUT2D eigenvalue weighted by Gasteiger charge is -2.41. The molecule has 8 nitrogen and oxygen atoms in total. The van der Waals surface area contributed by atoms with Gasteiger partial charge in [-0.05, 0) is 69.4 Å². The van der Waals surface area contributed by atoms with E-state index >= 15 is 0 Å². The largest absolute Gasteiger partial charge is 0.337 e. The zero-order valence-electron chi connectivity index (χ0n) is 21.0. The lowest BCUT2D eigenvalue weighted by molar-refractivity contribution is -0.140. The van der Waals surface area contributed by atoms with Crippen LogP contribution in [0.2, 0.25) is 5.02 Å². The fraction of sp³-hybridized carbons (Fsp3) is 0.444. The first-order valence-corrected chi connectivity index (χ1v) is 13.0. The van der Waals surface area contributed by atoms with Gasteiger partial charge in [-0.1, -0.05) is 17.7 Å². The Morgan fingerprint density at radius 3 is 2.68 bits per heavy atom. The van der Waals surface area contributed by atoms with Crippen LogP contribution in [-0.2, 0) is 9.59 Å². The molecule has 5 rings (SSSR count). The third kappa shape index (κ3) is 5.08. The number of hydrogen-bond acceptors (Lipinski definition) is 5. The molecule has 10 heteroatoms. The number of hydrogen-bond donors (Lipinski definition) is 1. The van der Waals surface area contributed by atoms with Gasteiger partial charge in [-0.15, -0.1) is 0 Å². The zero-order valence-corrected chi connectivity index (χ0v) is 21.8. The fourth-order valence-electron chi connectivity index (χ4n) is 5.46. The van der Waals surface area contributed by atoms with E-state index in [2.05, 4.69) is 15.1 Å². The van der Waals surface area contributed by atoms with Crippen molar-refractivity contribution in [3.05, 3.63) is 52.8 Å². The Morgan fingerprint density at radius 1 is 1.11 bits per heavy atom. The van der Waals surface area contributed by atoms with Crippen LogP contribution in [0, 0.1) is 5.82 Å². The van der Waals surface area contributed by atoms with Gasteiger partial charge in [0.2, 0.25) is 11.8 Å². The van der Waals surface area contributed by atoms with Crippen molar-refractivity contribution in [2.45, 2.75) is 24.9 Å². The number of halogens is 2. The van der Waals surface area contributed by atoms with E-state index < -0.39 is 11.9 Å². The molecular formula is C27H31ClFN5O3. The first kappa shape index (κ1) is 25.6. The summed E-state index contributed by atoms with van der Waals surface area (Å²) in [4.78, 5) is 47.8. The number of piperazine rings is 1. The highest BCUT2D eigenvalue weighted by molar-refractivity contribution is 6.30. The van der Waals surface area contributed by atoms with E-state index in [1.807, 2.05) is 14.1 Å². The number of anilines is 1. The lowest BCUT2D eigenvalue weighted by atomic mass is 10.0. The molecule has 0 saturated carbocycles. The molecule has 2 aromatic carbocycles. The number of carbonyl (C=O) groups excluding carboxylic acids is 3. The van der Waals surface area contributed by atoms with Crippen LogP contribution in [0.25, 0.3) is 11.1 Å². The van der Waals surface area contributed by atoms with Crippen molar-refractivity contribution in [1.29, 1.82) is 0 Å². The maximum absolute atomic E-state index is 14.5. The molecular weight excluding hydrogens is 497 g/mol. The van der Waals surface area contributed by atoms with Gasteiger partial charge < -0.3 is 20.0 Å². The van der Waals surface area contributed by atoms with Crippen molar-refractivity contribution in [2.24, 2.45) is 0 Å². The molecule has 2 saturated heterocycles. The Morgan fingerprint density at radius 2 is 1.92 bits per heavy atom. The second kappa shape index (κ2) is 10.4. The van der Waals surface area contributed by atoms with Gasteiger partial charge in [-0.3, -0.25) is 19.3 Å². The van der Waals surface area contributed by atoms with Gasteiger partial charge in [0.05, 0.1) is 23.8 Å². The Labute approximate surface area is 220 Å². The number of rotatable bonds is 5. The van der Waals surface area contributed by atoms with Gasteiger partial charge in [-0.25, -0.2) is 4.39 Å². The van der Waals surface area contributed by atoms with E-state index in [0.29, 0.717) is 28.9 Å². The second-order valence-corrected chi connectivity index (χ2v) is 10.6. The highest BCUT2D eigenvalue weighted by Gasteiger charge is 2.43. The van der Waals surface area contributed by atoms with Crippen LogP contribution >= 0.6 is 11.6 Å². The number of nitrogens with zero attached hydrogens (tertiary/aromatic N) is 4. The Hall–Kier alpha value is -3.01. The first-order chi connectivity index (χ1) is 17.7. The molecule has 1 N–H and O–H groups in total. The van der Waals surface area contributed by atoms with Gasteiger partial charge >= 0.3 is 0 Å². The molecule has 0 aromatic heterocycles. The van der Waals surface area contributed by atoms with Gasteiger partial charge in [0.1, 0.15) is 11.9 Å². The molecule has 2 fully saturated rings. The molecule has 2 unspecified atom stereocenters. The lowest BCUT2D eigenvalue weighted by Crippen LogP contribution is -2.61. The van der Waals surface area contributed by atoms with E-state index in [-0.39, 0.29) is 41.9 Å². The van der Waals surface area contributed by atoms with Gasteiger partial charge in [-0.2, -0.15) is 0 Å². The summed E-state index contributed by atoms with van der Waals surface area (Å²) in [5, 5.41) is 3.14. The van der Waals surface area contributed by atoms with E-state index in [1.54, 1.807) is 35.2 Å². The maximum Gasteiger partial charge on any atom is 0.256 e. The molecule has 3 amide bonds. The van der Waals surface area contributed by atoms with Crippen molar-refractivity contribution in [3.8, 4) is 11.1 Å². The van der Waals surface area contributed by atoms with Gasteiger partial charge in [0.15, 0.2) is 0 Å². The topological polar surface area (TPSA) is 76.2 Å². The SMILES string of the molecule is CN(C)CCN1CCCC1C(=O)N1CCN2C(=O)c3cc(-c4ccc(Cl)cc4F)ccc3NC(=O)C2C1. The molecule has 2 atom stereocenters. The van der Waals surface area contributed by atoms with Crippen LogP contribution in [-0.4, -0.2) is 103 Å². The molecule has 196 valence electrons. The van der Waals surface area contributed by atoms with E-state index in [0.717, 1.165) is 32.5 Å². The Balaban J connectivity index is 1.35. The fourth-order valence-corrected chi connectivity index (χ4v) is 5.61. The molecule has 3 heterocycles. The van der Waals surface area contributed by atoms with Crippen LogP contribution in [0.4, 0.5) is 10.1 Å². The number of likely N-dealkylation sites (tertiary alicyclic amines) is 1. The molecule has 0 spiro atoms. The van der Waals surface area contributed by atoms with Crippen LogP contribution in [0.15, 0.2) is 36.4 Å². The van der Waals surface area contributed by atoms with Gasteiger partial charge in [0.25, 0.3) is 5.91 Å². The number of carbonyl (C=O) groups is 3. The number of amides is 3. The summed E-state index contributed by atoms with van der Waals surface area (Å²) in [6.07, 6.45) is 1.77. The van der Waals surface area contributed by atoms with Crippen molar-refractivity contribution >= 4 is 35.0 Å². The number of nitrogens with one attached hydrogen (secondary N) is 1. The number of likely N-dealkylation sites (N-methyl/N-ethyl adjacent to an activating group) is 1. The third-order valence-electron chi connectivity index (χ3n) is 7.49. The summed E-state index contributed by atoms with van der Waals surface area (Å²) in [7, 11) is 4.03. The molecule has 3 aliphatic heterocycles. The van der Waals surface area contributed by atoms with Crippen LogP contribution in [0.3, 0.4) is 0 Å². The van der Waals surface area contributed by atoms with Crippen LogP contribution in [0.1, 0.15) is 23.2 Å². The first-order valence-electron chi connectivity index (χ1n) is 12.6. The number of fused-ring (bicyclic) bond motifs is 2. The number of benzene rings is 2. The molecule has 37 heavy (non-hydrogen) atoms. The maximum atomic E-state index is 14.5. The monoisotopic (exact) mass is 527 g/mol. The Kier molecular flexibility index (Phi) is 7.20. The minimum atomic E-state index is -0.787. The average molecular weight is 528 g/mol. The summed E-state index contributed by atoms with van der Waals surface area (Å²) in [6.45, 7) is 3.35. The average Bonchev–Trinajstić information content (AvgIpc) is 3.31. The molecule has 2 aromatic rings. The van der Waals surface area contributed by atoms with Crippen LogP contribution < -0.4 is 5.32 Å². The van der Waals surface area contributed by atoms with E-state index in [9.17, 15) is 18.8 Å². The summed E-state index contributed by atoms with van der Waals surface area (Å²) in [6, 6.07) is 8.30. The predicted octanol–water partition coefficient (Wildman–Crippen LogP) is 2.78. The molecule has 0 aliphatic carbocycles. The summed E-state index contributed by atoms with van der Waals surface area (Å²) in [5.41, 5.74) is 1.51. The summed E-state index contributed by atoms with van der Waals surface area (Å²) in [5.74, 6) is -1.10. The highest BCUT2D eigenvalue weighted by Crippen LogP contribution is 2.32. The van der Waals surface area contributed by atoms with Crippen molar-refractivity contribution < 1.29 is 18.8 Å². The third-order valence-corrected chi connectivity index (χ3v) is 7.72. The Bertz CT molecular complexity index is 1240. The minimum absolute atomic E-state index is 0.0263. The normalized spacial score (nSPS) is 22.1.